The Morgan fingerprint density at radius 2 is 2.25 bits per heavy atom. The minimum atomic E-state index is 0.310. The molecule has 1 rings (SSSR count). The lowest BCUT2D eigenvalue weighted by atomic mass is 10.2. The van der Waals surface area contributed by atoms with Gasteiger partial charge in [0.15, 0.2) is 0 Å². The van der Waals surface area contributed by atoms with E-state index in [0.717, 1.165) is 38.4 Å². The van der Waals surface area contributed by atoms with Crippen LogP contribution in [-0.2, 0) is 4.74 Å². The maximum atomic E-state index is 5.49. The average molecular weight is 225 g/mol. The zero-order chi connectivity index (χ0) is 11.6. The summed E-state index contributed by atoms with van der Waals surface area (Å²) in [4.78, 5) is 0. The monoisotopic (exact) mass is 225 g/mol. The summed E-state index contributed by atoms with van der Waals surface area (Å²) in [5.41, 5.74) is 0. The molecule has 1 atom stereocenters. The molecule has 0 bridgehead atoms. The van der Waals surface area contributed by atoms with E-state index >= 15 is 0 Å². The summed E-state index contributed by atoms with van der Waals surface area (Å²) in [5, 5.41) is 3.43. The molecule has 1 aromatic heterocycles. The maximum absolute atomic E-state index is 5.49. The van der Waals surface area contributed by atoms with Crippen LogP contribution in [0, 0.1) is 0 Å². The predicted molar refractivity (Wildman–Crippen MR) is 65.5 cm³/mol. The first kappa shape index (κ1) is 13.3. The lowest BCUT2D eigenvalue weighted by Gasteiger charge is -2.14. The molecule has 3 nitrogen and oxygen atoms in total. The lowest BCUT2D eigenvalue weighted by molar-refractivity contribution is 0.130. The lowest BCUT2D eigenvalue weighted by Crippen LogP contribution is -2.24. The summed E-state index contributed by atoms with van der Waals surface area (Å²) in [6, 6.07) is 4.25. The quantitative estimate of drug-likeness (QED) is 0.656. The Labute approximate surface area is 98.2 Å². The van der Waals surface area contributed by atoms with Crippen LogP contribution < -0.4 is 5.32 Å². The summed E-state index contributed by atoms with van der Waals surface area (Å²) < 4.78 is 10.9. The normalized spacial score (nSPS) is 12.9. The third-order valence-corrected chi connectivity index (χ3v) is 2.57. The smallest absolute Gasteiger partial charge is 0.120 e. The highest BCUT2D eigenvalue weighted by molar-refractivity contribution is 5.03. The molecule has 0 saturated heterocycles. The largest absolute Gasteiger partial charge is 0.468 e. The molecule has 0 aromatic carbocycles. The molecule has 1 heterocycles. The average Bonchev–Trinajstić information content (AvgIpc) is 2.82. The fourth-order valence-electron chi connectivity index (χ4n) is 1.59. The fraction of sp³-hybridized carbons (Fsp3) is 0.692. The van der Waals surface area contributed by atoms with E-state index in [1.165, 1.54) is 6.42 Å². The van der Waals surface area contributed by atoms with Gasteiger partial charge in [0.05, 0.1) is 18.9 Å². The Kier molecular flexibility index (Phi) is 6.93. The third-order valence-electron chi connectivity index (χ3n) is 2.57. The van der Waals surface area contributed by atoms with Crippen LogP contribution in [0.25, 0.3) is 0 Å². The van der Waals surface area contributed by atoms with Crippen molar-refractivity contribution in [3.63, 3.8) is 0 Å². The summed E-state index contributed by atoms with van der Waals surface area (Å²) in [6.07, 6.45) is 5.09. The van der Waals surface area contributed by atoms with E-state index in [9.17, 15) is 0 Å². The van der Waals surface area contributed by atoms with Crippen LogP contribution in [0.5, 0.6) is 0 Å². The molecule has 0 spiro atoms. The summed E-state index contributed by atoms with van der Waals surface area (Å²) >= 11 is 0. The molecule has 1 aromatic rings. The van der Waals surface area contributed by atoms with Crippen molar-refractivity contribution in [1.82, 2.24) is 5.32 Å². The Balaban J connectivity index is 2.11. The minimum absolute atomic E-state index is 0.310. The highest BCUT2D eigenvalue weighted by Crippen LogP contribution is 2.15. The van der Waals surface area contributed by atoms with Crippen LogP contribution in [0.1, 0.15) is 44.9 Å². The first-order chi connectivity index (χ1) is 7.88. The zero-order valence-corrected chi connectivity index (χ0v) is 10.4. The molecule has 0 aliphatic rings. The molecule has 0 amide bonds. The van der Waals surface area contributed by atoms with Crippen molar-refractivity contribution < 1.29 is 9.15 Å². The molecule has 1 N–H and O–H groups in total. The van der Waals surface area contributed by atoms with Crippen molar-refractivity contribution in [2.45, 2.75) is 39.2 Å². The molecule has 3 heteroatoms. The third kappa shape index (κ3) is 4.81. The van der Waals surface area contributed by atoms with Crippen molar-refractivity contribution in [1.29, 1.82) is 0 Å². The van der Waals surface area contributed by atoms with Crippen LogP contribution in [0.15, 0.2) is 22.8 Å². The second-order valence-corrected chi connectivity index (χ2v) is 3.90. The van der Waals surface area contributed by atoms with E-state index in [-0.39, 0.29) is 0 Å². The summed E-state index contributed by atoms with van der Waals surface area (Å²) in [6.45, 7) is 6.85. The standard InChI is InChI=1S/C13H23NO2/c1-3-5-9-15-11-8-14-12(4-2)13-7-6-10-16-13/h6-7,10,12,14H,3-5,8-9,11H2,1-2H3. The predicted octanol–water partition coefficient (Wildman–Crippen LogP) is 3.14. The SMILES string of the molecule is CCCCOCCNC(CC)c1ccco1. The maximum Gasteiger partial charge on any atom is 0.120 e. The molecule has 0 fully saturated rings. The van der Waals surface area contributed by atoms with Crippen molar-refractivity contribution in [2.75, 3.05) is 19.8 Å². The molecular weight excluding hydrogens is 202 g/mol. The van der Waals surface area contributed by atoms with Crippen molar-refractivity contribution in [3.8, 4) is 0 Å². The van der Waals surface area contributed by atoms with E-state index in [1.807, 2.05) is 12.1 Å². The van der Waals surface area contributed by atoms with Gasteiger partial charge in [-0.15, -0.1) is 0 Å². The number of ether oxygens (including phenoxy) is 1. The Hall–Kier alpha value is -0.800. The van der Waals surface area contributed by atoms with Crippen LogP contribution in [-0.4, -0.2) is 19.8 Å². The van der Waals surface area contributed by atoms with Gasteiger partial charge >= 0.3 is 0 Å². The minimum Gasteiger partial charge on any atom is -0.468 e. The summed E-state index contributed by atoms with van der Waals surface area (Å²) in [5.74, 6) is 1.01. The number of rotatable bonds is 9. The second-order valence-electron chi connectivity index (χ2n) is 3.90. The first-order valence-corrected chi connectivity index (χ1v) is 6.23. The number of furan rings is 1. The number of hydrogen-bond acceptors (Lipinski definition) is 3. The molecule has 0 radical (unpaired) electrons. The van der Waals surface area contributed by atoms with Gasteiger partial charge in [-0.05, 0) is 25.0 Å². The molecule has 0 aliphatic heterocycles. The molecule has 0 aliphatic carbocycles. The van der Waals surface area contributed by atoms with Crippen LogP contribution >= 0.6 is 0 Å². The van der Waals surface area contributed by atoms with Gasteiger partial charge in [-0.1, -0.05) is 20.3 Å². The van der Waals surface area contributed by atoms with Crippen LogP contribution in [0.3, 0.4) is 0 Å². The van der Waals surface area contributed by atoms with Crippen molar-refractivity contribution in [3.05, 3.63) is 24.2 Å². The van der Waals surface area contributed by atoms with E-state index in [4.69, 9.17) is 9.15 Å². The van der Waals surface area contributed by atoms with Gasteiger partial charge in [0.2, 0.25) is 0 Å². The molecular formula is C13H23NO2. The van der Waals surface area contributed by atoms with Gasteiger partial charge in [-0.25, -0.2) is 0 Å². The Bertz CT molecular complexity index is 246. The van der Waals surface area contributed by atoms with Gasteiger partial charge < -0.3 is 14.5 Å². The van der Waals surface area contributed by atoms with Crippen LogP contribution in [0.2, 0.25) is 0 Å². The zero-order valence-electron chi connectivity index (χ0n) is 10.4. The molecule has 1 unspecified atom stereocenters. The Morgan fingerprint density at radius 3 is 2.88 bits per heavy atom. The summed E-state index contributed by atoms with van der Waals surface area (Å²) in [7, 11) is 0. The highest BCUT2D eigenvalue weighted by atomic mass is 16.5. The molecule has 92 valence electrons. The second kappa shape index (κ2) is 8.36. The van der Waals surface area contributed by atoms with E-state index < -0.39 is 0 Å². The fourth-order valence-corrected chi connectivity index (χ4v) is 1.59. The Morgan fingerprint density at radius 1 is 1.38 bits per heavy atom. The first-order valence-electron chi connectivity index (χ1n) is 6.23. The van der Waals surface area contributed by atoms with Gasteiger partial charge in [0.1, 0.15) is 5.76 Å². The number of nitrogens with one attached hydrogen (secondary N) is 1. The molecule has 0 saturated carbocycles. The molecule has 16 heavy (non-hydrogen) atoms. The van der Waals surface area contributed by atoms with Gasteiger partial charge in [0.25, 0.3) is 0 Å². The van der Waals surface area contributed by atoms with Gasteiger partial charge in [-0.3, -0.25) is 0 Å². The van der Waals surface area contributed by atoms with E-state index in [0.29, 0.717) is 6.04 Å². The van der Waals surface area contributed by atoms with Crippen molar-refractivity contribution >= 4 is 0 Å². The highest BCUT2D eigenvalue weighted by Gasteiger charge is 2.10. The van der Waals surface area contributed by atoms with Crippen LogP contribution in [0.4, 0.5) is 0 Å². The van der Waals surface area contributed by atoms with Gasteiger partial charge in [-0.2, -0.15) is 0 Å². The van der Waals surface area contributed by atoms with Gasteiger partial charge in [0, 0.05) is 13.2 Å². The number of hydrogen-bond donors (Lipinski definition) is 1. The topological polar surface area (TPSA) is 34.4 Å². The van der Waals surface area contributed by atoms with E-state index in [1.54, 1.807) is 6.26 Å². The van der Waals surface area contributed by atoms with E-state index in [2.05, 4.69) is 19.2 Å². The van der Waals surface area contributed by atoms with Crippen molar-refractivity contribution in [2.24, 2.45) is 0 Å². The number of unbranched alkanes of at least 4 members (excludes halogenated alkanes) is 1.